The van der Waals surface area contributed by atoms with Gasteiger partial charge < -0.3 is 15.4 Å². The zero-order chi connectivity index (χ0) is 16.9. The van der Waals surface area contributed by atoms with Crippen LogP contribution >= 0.6 is 0 Å². The van der Waals surface area contributed by atoms with Gasteiger partial charge in [-0.25, -0.2) is 0 Å². The molecule has 1 heterocycles. The van der Waals surface area contributed by atoms with Gasteiger partial charge in [0.15, 0.2) is 0 Å². The Morgan fingerprint density at radius 1 is 1.25 bits per heavy atom. The second kappa shape index (κ2) is 7.61. The normalized spacial score (nSPS) is 20.9. The second-order valence-electron chi connectivity index (χ2n) is 6.46. The molecule has 2 aliphatic rings. The van der Waals surface area contributed by atoms with Crippen LogP contribution < -0.4 is 10.6 Å². The number of amides is 1. The Kier molecular flexibility index (Phi) is 5.30. The molecule has 0 unspecified atom stereocenters. The van der Waals surface area contributed by atoms with Gasteiger partial charge in [-0.2, -0.15) is 0 Å². The highest BCUT2D eigenvalue weighted by Gasteiger charge is 2.22. The van der Waals surface area contributed by atoms with E-state index < -0.39 is 4.92 Å². The Hall–Kier alpha value is -2.15. The molecular formula is C17H23N3O4. The van der Waals surface area contributed by atoms with E-state index in [-0.39, 0.29) is 23.7 Å². The molecule has 1 aromatic carbocycles. The van der Waals surface area contributed by atoms with Gasteiger partial charge in [-0.3, -0.25) is 14.9 Å². The number of rotatable bonds is 6. The number of hydrogen-bond donors (Lipinski definition) is 2. The molecule has 0 bridgehead atoms. The number of nitrogens with one attached hydrogen (secondary N) is 2. The molecule has 7 nitrogen and oxygen atoms in total. The number of ether oxygens (including phenoxy) is 1. The van der Waals surface area contributed by atoms with E-state index in [0.29, 0.717) is 17.8 Å². The fourth-order valence-corrected chi connectivity index (χ4v) is 3.34. The zero-order valence-corrected chi connectivity index (χ0v) is 13.6. The van der Waals surface area contributed by atoms with E-state index in [2.05, 4.69) is 10.6 Å². The Balaban J connectivity index is 1.68. The number of hydrogen-bond acceptors (Lipinski definition) is 5. The Labute approximate surface area is 140 Å². The van der Waals surface area contributed by atoms with Crippen molar-refractivity contribution < 1.29 is 14.5 Å². The fraction of sp³-hybridized carbons (Fsp3) is 0.588. The average Bonchev–Trinajstić information content (AvgIpc) is 3.26. The standard InChI is InChI=1S/C17H23N3O4/c21-17(19-13-4-1-2-5-13)12-7-8-15(16(10-12)20(22)23)18-11-14-6-3-9-24-14/h7-8,10,13-14,18H,1-6,9,11H2,(H,19,21)/t14-/m0/s1. The maximum Gasteiger partial charge on any atom is 0.293 e. The van der Waals surface area contributed by atoms with E-state index in [1.165, 1.54) is 6.07 Å². The van der Waals surface area contributed by atoms with Gasteiger partial charge in [0, 0.05) is 30.8 Å². The van der Waals surface area contributed by atoms with Crippen molar-refractivity contribution in [1.82, 2.24) is 5.32 Å². The molecule has 1 amide bonds. The molecule has 1 aliphatic heterocycles. The molecule has 1 aliphatic carbocycles. The van der Waals surface area contributed by atoms with Crippen molar-refractivity contribution in [3.8, 4) is 0 Å². The highest BCUT2D eigenvalue weighted by atomic mass is 16.6. The van der Waals surface area contributed by atoms with Crippen molar-refractivity contribution in [3.63, 3.8) is 0 Å². The molecule has 1 saturated heterocycles. The van der Waals surface area contributed by atoms with Gasteiger partial charge in [-0.1, -0.05) is 12.8 Å². The van der Waals surface area contributed by atoms with Gasteiger partial charge in [0.25, 0.3) is 11.6 Å². The van der Waals surface area contributed by atoms with E-state index in [1.54, 1.807) is 12.1 Å². The number of nitrogens with zero attached hydrogens (tertiary/aromatic N) is 1. The zero-order valence-electron chi connectivity index (χ0n) is 13.6. The highest BCUT2D eigenvalue weighted by molar-refractivity contribution is 5.96. The fourth-order valence-electron chi connectivity index (χ4n) is 3.34. The van der Waals surface area contributed by atoms with Crippen LogP contribution in [0.25, 0.3) is 0 Å². The predicted octanol–water partition coefficient (Wildman–Crippen LogP) is 2.86. The summed E-state index contributed by atoms with van der Waals surface area (Å²) in [5, 5.41) is 17.4. The minimum atomic E-state index is -0.454. The first-order valence-electron chi connectivity index (χ1n) is 8.58. The van der Waals surface area contributed by atoms with Crippen molar-refractivity contribution in [3.05, 3.63) is 33.9 Å². The smallest absolute Gasteiger partial charge is 0.293 e. The molecule has 2 N–H and O–H groups in total. The van der Waals surface area contributed by atoms with Crippen molar-refractivity contribution in [2.75, 3.05) is 18.5 Å². The summed E-state index contributed by atoms with van der Waals surface area (Å²) in [4.78, 5) is 23.2. The summed E-state index contributed by atoms with van der Waals surface area (Å²) in [6.45, 7) is 1.28. The number of nitro groups is 1. The van der Waals surface area contributed by atoms with E-state index >= 15 is 0 Å². The summed E-state index contributed by atoms with van der Waals surface area (Å²) in [6, 6.07) is 4.78. The Morgan fingerprint density at radius 2 is 2.04 bits per heavy atom. The molecule has 0 radical (unpaired) electrons. The van der Waals surface area contributed by atoms with Gasteiger partial charge in [0.1, 0.15) is 5.69 Å². The SMILES string of the molecule is O=C(NC1CCCC1)c1ccc(NC[C@@H]2CCCO2)c([N+](=O)[O-])c1. The summed E-state index contributed by atoms with van der Waals surface area (Å²) in [7, 11) is 0. The molecule has 24 heavy (non-hydrogen) atoms. The van der Waals surface area contributed by atoms with Crippen molar-refractivity contribution >= 4 is 17.3 Å². The van der Waals surface area contributed by atoms with Crippen LogP contribution in [0.2, 0.25) is 0 Å². The molecular weight excluding hydrogens is 310 g/mol. The number of benzene rings is 1. The van der Waals surface area contributed by atoms with E-state index in [4.69, 9.17) is 4.74 Å². The van der Waals surface area contributed by atoms with Gasteiger partial charge in [-0.05, 0) is 37.8 Å². The van der Waals surface area contributed by atoms with Crippen LogP contribution in [0.3, 0.4) is 0 Å². The quantitative estimate of drug-likeness (QED) is 0.617. The van der Waals surface area contributed by atoms with Crippen LogP contribution in [0.1, 0.15) is 48.9 Å². The number of carbonyl (C=O) groups excluding carboxylic acids is 1. The predicted molar refractivity (Wildman–Crippen MR) is 90.3 cm³/mol. The summed E-state index contributed by atoms with van der Waals surface area (Å²) in [5.41, 5.74) is 0.677. The molecule has 0 spiro atoms. The molecule has 3 rings (SSSR count). The lowest BCUT2D eigenvalue weighted by molar-refractivity contribution is -0.384. The van der Waals surface area contributed by atoms with Gasteiger partial charge >= 0.3 is 0 Å². The first kappa shape index (κ1) is 16.7. The van der Waals surface area contributed by atoms with Crippen molar-refractivity contribution in [2.45, 2.75) is 50.7 Å². The van der Waals surface area contributed by atoms with Gasteiger partial charge in [0.05, 0.1) is 11.0 Å². The topological polar surface area (TPSA) is 93.5 Å². The van der Waals surface area contributed by atoms with Crippen LogP contribution in [-0.4, -0.2) is 36.1 Å². The van der Waals surface area contributed by atoms with Gasteiger partial charge in [-0.15, -0.1) is 0 Å². The van der Waals surface area contributed by atoms with Crippen molar-refractivity contribution in [2.24, 2.45) is 0 Å². The maximum absolute atomic E-state index is 12.3. The highest BCUT2D eigenvalue weighted by Crippen LogP contribution is 2.27. The molecule has 1 atom stereocenters. The summed E-state index contributed by atoms with van der Waals surface area (Å²) in [5.74, 6) is -0.240. The third kappa shape index (κ3) is 4.03. The minimum absolute atomic E-state index is 0.0768. The third-order valence-corrected chi connectivity index (χ3v) is 4.69. The first-order valence-corrected chi connectivity index (χ1v) is 8.58. The summed E-state index contributed by atoms with van der Waals surface area (Å²) >= 11 is 0. The third-order valence-electron chi connectivity index (χ3n) is 4.69. The minimum Gasteiger partial charge on any atom is -0.377 e. The summed E-state index contributed by atoms with van der Waals surface area (Å²) < 4.78 is 5.51. The number of carbonyl (C=O) groups is 1. The van der Waals surface area contributed by atoms with Crippen LogP contribution in [0.4, 0.5) is 11.4 Å². The molecule has 1 aromatic rings. The molecule has 0 aromatic heterocycles. The maximum atomic E-state index is 12.3. The monoisotopic (exact) mass is 333 g/mol. The largest absolute Gasteiger partial charge is 0.377 e. The lowest BCUT2D eigenvalue weighted by atomic mass is 10.1. The van der Waals surface area contributed by atoms with Crippen LogP contribution in [0.15, 0.2) is 18.2 Å². The lowest BCUT2D eigenvalue weighted by Gasteiger charge is -2.14. The number of anilines is 1. The van der Waals surface area contributed by atoms with Crippen molar-refractivity contribution in [1.29, 1.82) is 0 Å². The van der Waals surface area contributed by atoms with Crippen LogP contribution in [0.5, 0.6) is 0 Å². The van der Waals surface area contributed by atoms with E-state index in [0.717, 1.165) is 45.1 Å². The average molecular weight is 333 g/mol. The number of nitro benzene ring substituents is 1. The van der Waals surface area contributed by atoms with Crippen LogP contribution in [0, 0.1) is 10.1 Å². The van der Waals surface area contributed by atoms with Gasteiger partial charge in [0.2, 0.25) is 0 Å². The molecule has 2 fully saturated rings. The lowest BCUT2D eigenvalue weighted by Crippen LogP contribution is -2.32. The van der Waals surface area contributed by atoms with E-state index in [1.807, 2.05) is 0 Å². The first-order chi connectivity index (χ1) is 11.6. The van der Waals surface area contributed by atoms with E-state index in [9.17, 15) is 14.9 Å². The van der Waals surface area contributed by atoms with Crippen LogP contribution in [-0.2, 0) is 4.74 Å². The summed E-state index contributed by atoms with van der Waals surface area (Å²) in [6.07, 6.45) is 6.28. The second-order valence-corrected chi connectivity index (χ2v) is 6.46. The Morgan fingerprint density at radius 3 is 2.71 bits per heavy atom. The molecule has 130 valence electrons. The molecule has 7 heteroatoms. The Bertz CT molecular complexity index is 608. The molecule has 1 saturated carbocycles.